The van der Waals surface area contributed by atoms with Gasteiger partial charge in [-0.15, -0.1) is 0 Å². The van der Waals surface area contributed by atoms with Gasteiger partial charge < -0.3 is 9.80 Å². The summed E-state index contributed by atoms with van der Waals surface area (Å²) in [7, 11) is 0. The minimum absolute atomic E-state index is 0.381. The second kappa shape index (κ2) is 8.32. The van der Waals surface area contributed by atoms with E-state index in [0.29, 0.717) is 12.1 Å². The highest BCUT2D eigenvalue weighted by Crippen LogP contribution is 2.26. The number of benzene rings is 1. The molecule has 1 unspecified atom stereocenters. The van der Waals surface area contributed by atoms with Crippen LogP contribution in [0.5, 0.6) is 0 Å². The highest BCUT2D eigenvalue weighted by atomic mass is 15.3. The highest BCUT2D eigenvalue weighted by molar-refractivity contribution is 5.46. The average molecular weight is 338 g/mol. The van der Waals surface area contributed by atoms with E-state index in [9.17, 15) is 0 Å². The van der Waals surface area contributed by atoms with Gasteiger partial charge in [-0.1, -0.05) is 37.3 Å². The lowest BCUT2D eigenvalue weighted by molar-refractivity contribution is 0.443. The van der Waals surface area contributed by atoms with Gasteiger partial charge in [-0.2, -0.15) is 4.98 Å². The molecule has 1 aliphatic heterocycles. The highest BCUT2D eigenvalue weighted by Gasteiger charge is 2.24. The molecule has 1 fully saturated rings. The SMILES string of the molecule is CCC1CCCCN1c1nccc(N(Cc2ccccc2)C(C)C)n1. The monoisotopic (exact) mass is 338 g/mol. The standard InChI is InChI=1S/C21H30N4/c1-4-19-12-8-9-15-24(19)21-22-14-13-20(23-21)25(17(2)3)16-18-10-6-5-7-11-18/h5-7,10-11,13-14,17,19H,4,8-9,12,15-16H2,1-3H3. The third kappa shape index (κ3) is 4.30. The van der Waals surface area contributed by atoms with E-state index in [0.717, 1.165) is 31.3 Å². The Kier molecular flexibility index (Phi) is 5.90. The van der Waals surface area contributed by atoms with Gasteiger partial charge in [-0.05, 0) is 51.2 Å². The lowest BCUT2D eigenvalue weighted by Gasteiger charge is -2.36. The zero-order valence-electron chi connectivity index (χ0n) is 15.7. The second-order valence-electron chi connectivity index (χ2n) is 7.17. The summed E-state index contributed by atoms with van der Waals surface area (Å²) in [6.07, 6.45) is 6.88. The molecular formula is C21H30N4. The first-order chi connectivity index (χ1) is 12.2. The zero-order chi connectivity index (χ0) is 17.6. The molecular weight excluding hydrogens is 308 g/mol. The lowest BCUT2D eigenvalue weighted by atomic mass is 10.0. The maximum absolute atomic E-state index is 4.95. The Morgan fingerprint density at radius 3 is 2.68 bits per heavy atom. The van der Waals surface area contributed by atoms with Crippen molar-refractivity contribution in [3.05, 3.63) is 48.2 Å². The van der Waals surface area contributed by atoms with Crippen LogP contribution < -0.4 is 9.80 Å². The molecule has 1 aliphatic rings. The average Bonchev–Trinajstić information content (AvgIpc) is 2.66. The van der Waals surface area contributed by atoms with E-state index in [-0.39, 0.29) is 0 Å². The summed E-state index contributed by atoms with van der Waals surface area (Å²) in [5.41, 5.74) is 1.31. The van der Waals surface area contributed by atoms with E-state index >= 15 is 0 Å². The Morgan fingerprint density at radius 2 is 1.96 bits per heavy atom. The van der Waals surface area contributed by atoms with Crippen LogP contribution in [0.2, 0.25) is 0 Å². The molecule has 0 bridgehead atoms. The lowest BCUT2D eigenvalue weighted by Crippen LogP contribution is -2.40. The van der Waals surface area contributed by atoms with Crippen molar-refractivity contribution in [1.29, 1.82) is 0 Å². The quantitative estimate of drug-likeness (QED) is 0.767. The predicted molar refractivity (Wildman–Crippen MR) is 105 cm³/mol. The number of hydrogen-bond donors (Lipinski definition) is 0. The van der Waals surface area contributed by atoms with E-state index in [2.05, 4.69) is 65.9 Å². The number of nitrogens with zero attached hydrogens (tertiary/aromatic N) is 4. The maximum Gasteiger partial charge on any atom is 0.227 e. The molecule has 0 N–H and O–H groups in total. The molecule has 0 radical (unpaired) electrons. The molecule has 1 saturated heterocycles. The summed E-state index contributed by atoms with van der Waals surface area (Å²) in [4.78, 5) is 14.3. The summed E-state index contributed by atoms with van der Waals surface area (Å²) < 4.78 is 0. The normalized spacial score (nSPS) is 17.8. The van der Waals surface area contributed by atoms with Crippen molar-refractivity contribution in [3.63, 3.8) is 0 Å². The fraction of sp³-hybridized carbons (Fsp3) is 0.524. The van der Waals surface area contributed by atoms with Gasteiger partial charge in [0.15, 0.2) is 0 Å². The number of piperidine rings is 1. The van der Waals surface area contributed by atoms with Crippen LogP contribution in [-0.2, 0) is 6.54 Å². The summed E-state index contributed by atoms with van der Waals surface area (Å²) in [5.74, 6) is 1.91. The molecule has 134 valence electrons. The molecule has 0 amide bonds. The third-order valence-corrected chi connectivity index (χ3v) is 5.10. The van der Waals surface area contributed by atoms with Gasteiger partial charge in [0.25, 0.3) is 0 Å². The summed E-state index contributed by atoms with van der Waals surface area (Å²) in [6.45, 7) is 8.65. The van der Waals surface area contributed by atoms with Crippen LogP contribution in [0.1, 0.15) is 52.0 Å². The van der Waals surface area contributed by atoms with Crippen LogP contribution in [-0.4, -0.2) is 28.6 Å². The Morgan fingerprint density at radius 1 is 1.16 bits per heavy atom. The molecule has 0 aliphatic carbocycles. The number of aromatic nitrogens is 2. The molecule has 1 aromatic heterocycles. The van der Waals surface area contributed by atoms with E-state index in [4.69, 9.17) is 4.98 Å². The molecule has 3 rings (SSSR count). The largest absolute Gasteiger partial charge is 0.350 e. The molecule has 25 heavy (non-hydrogen) atoms. The Balaban J connectivity index is 1.85. The van der Waals surface area contributed by atoms with Crippen LogP contribution in [0.4, 0.5) is 11.8 Å². The summed E-state index contributed by atoms with van der Waals surface area (Å²) in [6, 6.07) is 13.6. The summed E-state index contributed by atoms with van der Waals surface area (Å²) in [5, 5.41) is 0. The molecule has 4 heteroatoms. The second-order valence-corrected chi connectivity index (χ2v) is 7.17. The van der Waals surface area contributed by atoms with Crippen molar-refractivity contribution >= 4 is 11.8 Å². The fourth-order valence-corrected chi connectivity index (χ4v) is 3.63. The van der Waals surface area contributed by atoms with Gasteiger partial charge in [0.2, 0.25) is 5.95 Å². The first-order valence-electron chi connectivity index (χ1n) is 9.59. The molecule has 1 aromatic carbocycles. The molecule has 2 heterocycles. The van der Waals surface area contributed by atoms with Gasteiger partial charge in [-0.3, -0.25) is 0 Å². The zero-order valence-corrected chi connectivity index (χ0v) is 15.7. The first kappa shape index (κ1) is 17.7. The molecule has 0 spiro atoms. The maximum atomic E-state index is 4.95. The fourth-order valence-electron chi connectivity index (χ4n) is 3.63. The van der Waals surface area contributed by atoms with Crippen LogP contribution in [0, 0.1) is 0 Å². The smallest absolute Gasteiger partial charge is 0.227 e. The van der Waals surface area contributed by atoms with Crippen molar-refractivity contribution in [2.75, 3.05) is 16.3 Å². The van der Waals surface area contributed by atoms with Gasteiger partial charge in [0.05, 0.1) is 0 Å². The van der Waals surface area contributed by atoms with Gasteiger partial charge >= 0.3 is 0 Å². The van der Waals surface area contributed by atoms with Crippen LogP contribution in [0.15, 0.2) is 42.6 Å². The van der Waals surface area contributed by atoms with Crippen molar-refractivity contribution in [2.45, 2.75) is 65.1 Å². The van der Waals surface area contributed by atoms with E-state index in [1.54, 1.807) is 0 Å². The van der Waals surface area contributed by atoms with Crippen molar-refractivity contribution < 1.29 is 0 Å². The molecule has 1 atom stereocenters. The molecule has 0 saturated carbocycles. The van der Waals surface area contributed by atoms with E-state index in [1.807, 2.05) is 12.3 Å². The minimum Gasteiger partial charge on any atom is -0.350 e. The molecule has 4 nitrogen and oxygen atoms in total. The van der Waals surface area contributed by atoms with Crippen molar-refractivity contribution in [1.82, 2.24) is 9.97 Å². The third-order valence-electron chi connectivity index (χ3n) is 5.10. The Hall–Kier alpha value is -2.10. The minimum atomic E-state index is 0.381. The van der Waals surface area contributed by atoms with Crippen LogP contribution in [0.3, 0.4) is 0 Å². The number of rotatable bonds is 6. The van der Waals surface area contributed by atoms with E-state index < -0.39 is 0 Å². The number of hydrogen-bond acceptors (Lipinski definition) is 4. The predicted octanol–water partition coefficient (Wildman–Crippen LogP) is 4.66. The Bertz CT molecular complexity index is 656. The Labute approximate surface area is 151 Å². The van der Waals surface area contributed by atoms with Gasteiger partial charge in [0, 0.05) is 31.4 Å². The topological polar surface area (TPSA) is 32.3 Å². The van der Waals surface area contributed by atoms with Crippen LogP contribution >= 0.6 is 0 Å². The first-order valence-corrected chi connectivity index (χ1v) is 9.59. The molecule has 2 aromatic rings. The van der Waals surface area contributed by atoms with Gasteiger partial charge in [-0.25, -0.2) is 4.98 Å². The van der Waals surface area contributed by atoms with Crippen LogP contribution in [0.25, 0.3) is 0 Å². The number of anilines is 2. The van der Waals surface area contributed by atoms with E-state index in [1.165, 1.54) is 24.8 Å². The van der Waals surface area contributed by atoms with Gasteiger partial charge in [0.1, 0.15) is 5.82 Å². The van der Waals surface area contributed by atoms with Crippen molar-refractivity contribution in [2.24, 2.45) is 0 Å². The summed E-state index contributed by atoms with van der Waals surface area (Å²) >= 11 is 0. The van der Waals surface area contributed by atoms with Crippen molar-refractivity contribution in [3.8, 4) is 0 Å².